The molecular formula is C26H39ClF2O. The zero-order chi connectivity index (χ0) is 21.3. The summed E-state index contributed by atoms with van der Waals surface area (Å²) in [7, 11) is 0. The summed E-state index contributed by atoms with van der Waals surface area (Å²) < 4.78 is 30.3. The minimum atomic E-state index is -2.81. The molecule has 0 heterocycles. The Morgan fingerprint density at radius 3 is 2.00 bits per heavy atom. The Morgan fingerprint density at radius 2 is 1.43 bits per heavy atom. The molecule has 1 aromatic carbocycles. The Labute approximate surface area is 186 Å². The van der Waals surface area contributed by atoms with Crippen LogP contribution in [0.1, 0.15) is 108 Å². The fraction of sp³-hybridized carbons (Fsp3) is 0.769. The van der Waals surface area contributed by atoms with Gasteiger partial charge in [0.05, 0.1) is 0 Å². The van der Waals surface area contributed by atoms with Gasteiger partial charge in [-0.2, -0.15) is 8.78 Å². The Kier molecular flexibility index (Phi) is 9.74. The molecule has 2 fully saturated rings. The topological polar surface area (TPSA) is 9.23 Å². The molecule has 0 bridgehead atoms. The van der Waals surface area contributed by atoms with Crippen LogP contribution in [0.25, 0.3) is 0 Å². The molecular weight excluding hydrogens is 402 g/mol. The second-order valence-corrected chi connectivity index (χ2v) is 10.2. The molecule has 170 valence electrons. The van der Waals surface area contributed by atoms with Crippen LogP contribution in [0.2, 0.25) is 5.02 Å². The SMILES string of the molecule is CCCCCC1CCC(CCC2CCC(c3ccc(Cl)cc3OC(F)F)CC2)CC1. The van der Waals surface area contributed by atoms with Gasteiger partial charge in [-0.25, -0.2) is 0 Å². The van der Waals surface area contributed by atoms with Crippen molar-refractivity contribution in [3.8, 4) is 5.75 Å². The van der Waals surface area contributed by atoms with E-state index in [9.17, 15) is 8.78 Å². The molecule has 0 spiro atoms. The quantitative estimate of drug-likeness (QED) is 0.329. The first-order valence-electron chi connectivity index (χ1n) is 12.3. The van der Waals surface area contributed by atoms with Gasteiger partial charge in [0.2, 0.25) is 0 Å². The average Bonchev–Trinajstić information content (AvgIpc) is 2.74. The van der Waals surface area contributed by atoms with Crippen molar-refractivity contribution in [1.29, 1.82) is 0 Å². The third kappa shape index (κ3) is 7.39. The summed E-state index contributed by atoms with van der Waals surface area (Å²) in [4.78, 5) is 0. The highest BCUT2D eigenvalue weighted by atomic mass is 35.5. The van der Waals surface area contributed by atoms with Crippen molar-refractivity contribution in [2.45, 2.75) is 109 Å². The highest BCUT2D eigenvalue weighted by Gasteiger charge is 2.27. The molecule has 1 aromatic rings. The number of rotatable bonds is 10. The van der Waals surface area contributed by atoms with E-state index in [1.807, 2.05) is 6.07 Å². The van der Waals surface area contributed by atoms with Gasteiger partial charge >= 0.3 is 6.61 Å². The molecule has 3 rings (SSSR count). The molecule has 0 amide bonds. The van der Waals surface area contributed by atoms with Crippen molar-refractivity contribution in [1.82, 2.24) is 0 Å². The smallest absolute Gasteiger partial charge is 0.387 e. The fourth-order valence-corrected chi connectivity index (χ4v) is 5.93. The van der Waals surface area contributed by atoms with E-state index in [2.05, 4.69) is 6.92 Å². The number of hydrogen-bond donors (Lipinski definition) is 0. The number of alkyl halides is 2. The molecule has 0 unspecified atom stereocenters. The lowest BCUT2D eigenvalue weighted by molar-refractivity contribution is -0.0507. The number of unbranched alkanes of at least 4 members (excludes halogenated alkanes) is 2. The molecule has 0 saturated heterocycles. The average molecular weight is 441 g/mol. The first-order valence-corrected chi connectivity index (χ1v) is 12.7. The van der Waals surface area contributed by atoms with E-state index in [0.717, 1.165) is 36.2 Å². The van der Waals surface area contributed by atoms with E-state index in [4.69, 9.17) is 16.3 Å². The highest BCUT2D eigenvalue weighted by Crippen LogP contribution is 2.43. The van der Waals surface area contributed by atoms with E-state index < -0.39 is 6.61 Å². The first-order chi connectivity index (χ1) is 14.5. The van der Waals surface area contributed by atoms with Crippen LogP contribution in [-0.4, -0.2) is 6.61 Å². The molecule has 4 heteroatoms. The summed E-state index contributed by atoms with van der Waals surface area (Å²) in [6.07, 6.45) is 18.6. The molecule has 2 aliphatic carbocycles. The van der Waals surface area contributed by atoms with Crippen molar-refractivity contribution in [2.24, 2.45) is 17.8 Å². The van der Waals surface area contributed by atoms with Gasteiger partial charge in [0.25, 0.3) is 0 Å². The van der Waals surface area contributed by atoms with E-state index >= 15 is 0 Å². The first kappa shape index (κ1) is 23.8. The maximum absolute atomic E-state index is 12.8. The Morgan fingerprint density at radius 1 is 0.867 bits per heavy atom. The summed E-state index contributed by atoms with van der Waals surface area (Å²) in [6.45, 7) is -0.518. The standard InChI is InChI=1S/C26H39ClF2O/c1-2-3-4-5-19-6-8-20(9-7-19)10-11-21-12-14-22(15-13-21)24-17-16-23(27)18-25(24)30-26(28)29/h16-22,26H,2-15H2,1H3. The second kappa shape index (κ2) is 12.3. The summed E-state index contributed by atoms with van der Waals surface area (Å²) in [5.41, 5.74) is 0.902. The van der Waals surface area contributed by atoms with Crippen LogP contribution >= 0.6 is 11.6 Å². The third-order valence-corrected chi connectivity index (χ3v) is 7.88. The molecule has 1 nitrogen and oxygen atoms in total. The predicted octanol–water partition coefficient (Wildman–Crippen LogP) is 9.38. The lowest BCUT2D eigenvalue weighted by Gasteiger charge is -2.32. The molecule has 30 heavy (non-hydrogen) atoms. The van der Waals surface area contributed by atoms with Crippen LogP contribution in [0.5, 0.6) is 5.75 Å². The normalized spacial score (nSPS) is 27.4. The van der Waals surface area contributed by atoms with Gasteiger partial charge in [-0.15, -0.1) is 0 Å². The largest absolute Gasteiger partial charge is 0.434 e. The number of halogens is 3. The molecule has 0 atom stereocenters. The number of ether oxygens (including phenoxy) is 1. The van der Waals surface area contributed by atoms with Crippen LogP contribution < -0.4 is 4.74 Å². The minimum absolute atomic E-state index is 0.261. The second-order valence-electron chi connectivity index (χ2n) is 9.74. The minimum Gasteiger partial charge on any atom is -0.434 e. The Balaban J connectivity index is 1.39. The van der Waals surface area contributed by atoms with Crippen molar-refractivity contribution >= 4 is 11.6 Å². The van der Waals surface area contributed by atoms with Gasteiger partial charge in [0, 0.05) is 5.02 Å². The van der Waals surface area contributed by atoms with Crippen LogP contribution in [-0.2, 0) is 0 Å². The Hall–Kier alpha value is -0.830. The predicted molar refractivity (Wildman–Crippen MR) is 122 cm³/mol. The molecule has 2 saturated carbocycles. The van der Waals surface area contributed by atoms with Gasteiger partial charge in [-0.05, 0) is 67.1 Å². The van der Waals surface area contributed by atoms with Crippen molar-refractivity contribution < 1.29 is 13.5 Å². The van der Waals surface area contributed by atoms with Crippen molar-refractivity contribution in [2.75, 3.05) is 0 Å². The third-order valence-electron chi connectivity index (χ3n) is 7.64. The number of benzene rings is 1. The number of hydrogen-bond acceptors (Lipinski definition) is 1. The van der Waals surface area contributed by atoms with Crippen LogP contribution in [0.3, 0.4) is 0 Å². The summed E-state index contributed by atoms with van der Waals surface area (Å²) in [5.74, 6) is 3.30. The fourth-order valence-electron chi connectivity index (χ4n) is 5.77. The molecule has 0 N–H and O–H groups in total. The van der Waals surface area contributed by atoms with Gasteiger partial charge < -0.3 is 4.74 Å². The maximum Gasteiger partial charge on any atom is 0.387 e. The van der Waals surface area contributed by atoms with E-state index in [1.54, 1.807) is 6.07 Å². The highest BCUT2D eigenvalue weighted by molar-refractivity contribution is 6.30. The summed E-state index contributed by atoms with van der Waals surface area (Å²) in [6, 6.07) is 5.21. The molecule has 0 aromatic heterocycles. The van der Waals surface area contributed by atoms with Crippen LogP contribution in [0.4, 0.5) is 8.78 Å². The van der Waals surface area contributed by atoms with Crippen LogP contribution in [0, 0.1) is 17.8 Å². The van der Waals surface area contributed by atoms with Crippen LogP contribution in [0.15, 0.2) is 18.2 Å². The molecule has 2 aliphatic rings. The Bertz CT molecular complexity index is 619. The zero-order valence-corrected chi connectivity index (χ0v) is 19.3. The monoisotopic (exact) mass is 440 g/mol. The summed E-state index contributed by atoms with van der Waals surface area (Å²) in [5, 5.41) is 0.447. The van der Waals surface area contributed by atoms with E-state index in [-0.39, 0.29) is 5.75 Å². The van der Waals surface area contributed by atoms with Crippen molar-refractivity contribution in [3.05, 3.63) is 28.8 Å². The maximum atomic E-state index is 12.8. The summed E-state index contributed by atoms with van der Waals surface area (Å²) >= 11 is 5.99. The molecule has 0 aliphatic heterocycles. The zero-order valence-electron chi connectivity index (χ0n) is 18.6. The van der Waals surface area contributed by atoms with Gasteiger partial charge in [-0.1, -0.05) is 88.8 Å². The lowest BCUT2D eigenvalue weighted by Crippen LogP contribution is -2.18. The van der Waals surface area contributed by atoms with Gasteiger partial charge in [0.1, 0.15) is 5.75 Å². The van der Waals surface area contributed by atoms with E-state index in [0.29, 0.717) is 10.9 Å². The lowest BCUT2D eigenvalue weighted by atomic mass is 9.74. The van der Waals surface area contributed by atoms with Gasteiger partial charge in [-0.3, -0.25) is 0 Å². The van der Waals surface area contributed by atoms with Gasteiger partial charge in [0.15, 0.2) is 0 Å². The van der Waals surface area contributed by atoms with Crippen molar-refractivity contribution in [3.63, 3.8) is 0 Å². The van der Waals surface area contributed by atoms with E-state index in [1.165, 1.54) is 83.1 Å². The molecule has 0 radical (unpaired) electrons.